The summed E-state index contributed by atoms with van der Waals surface area (Å²) in [5.74, 6) is -1.66. The van der Waals surface area contributed by atoms with Crippen LogP contribution < -0.4 is 0 Å². The van der Waals surface area contributed by atoms with Crippen molar-refractivity contribution in [1.29, 1.82) is 0 Å². The van der Waals surface area contributed by atoms with E-state index in [9.17, 15) is 19.5 Å². The molecule has 190 valence electrons. The molecule has 2 aromatic heterocycles. The van der Waals surface area contributed by atoms with E-state index in [4.69, 9.17) is 34.8 Å². The third-order valence-electron chi connectivity index (χ3n) is 6.31. The molecule has 1 amide bonds. The summed E-state index contributed by atoms with van der Waals surface area (Å²) in [6.07, 6.45) is 6.22. The number of hydrogen-bond acceptors (Lipinski definition) is 5. The number of ketones is 1. The van der Waals surface area contributed by atoms with Crippen molar-refractivity contribution >= 4 is 52.5 Å². The summed E-state index contributed by atoms with van der Waals surface area (Å²) in [5.41, 5.74) is -0.786. The molecule has 11 heteroatoms. The zero-order chi connectivity index (χ0) is 26.1. The smallest absolute Gasteiger partial charge is 0.309 e. The number of aliphatic carboxylic acids is 1. The fourth-order valence-electron chi connectivity index (χ4n) is 4.32. The number of carboxylic acids is 1. The van der Waals surface area contributed by atoms with Gasteiger partial charge in [-0.2, -0.15) is 5.10 Å². The molecule has 0 atom stereocenters. The third kappa shape index (κ3) is 6.16. The van der Waals surface area contributed by atoms with Crippen LogP contribution in [-0.2, 0) is 4.79 Å². The highest BCUT2D eigenvalue weighted by Gasteiger charge is 2.39. The van der Waals surface area contributed by atoms with Crippen LogP contribution in [0.15, 0.2) is 18.6 Å². The Balaban J connectivity index is 1.84. The standard InChI is InChI=1S/C24H29Cl3N4O4/c1-23(2,3)13-30(12-18(32)19-16(25)10-28-11-17(19)26)21(33)15-9-29-31(20(15)27)14-5-7-24(4,8-6-14)22(34)35/h9-11,14H,5-8,12-13H2,1-4H3,(H,34,35)/t14-,24-. The molecule has 0 bridgehead atoms. The van der Waals surface area contributed by atoms with E-state index >= 15 is 0 Å². The lowest BCUT2D eigenvalue weighted by atomic mass is 9.74. The fourth-order valence-corrected chi connectivity index (χ4v) is 5.20. The molecular weight excluding hydrogens is 515 g/mol. The van der Waals surface area contributed by atoms with Gasteiger partial charge in [0.2, 0.25) is 0 Å². The van der Waals surface area contributed by atoms with Crippen LogP contribution in [0.2, 0.25) is 15.2 Å². The van der Waals surface area contributed by atoms with Crippen molar-refractivity contribution in [3.05, 3.63) is 44.9 Å². The lowest BCUT2D eigenvalue weighted by molar-refractivity contribution is -0.150. The molecule has 0 spiro atoms. The molecule has 0 radical (unpaired) electrons. The number of aromatic nitrogens is 3. The van der Waals surface area contributed by atoms with E-state index in [-0.39, 0.29) is 50.9 Å². The van der Waals surface area contributed by atoms with Gasteiger partial charge in [0, 0.05) is 18.9 Å². The number of amides is 1. The number of rotatable bonds is 7. The lowest BCUT2D eigenvalue weighted by Crippen LogP contribution is -2.41. The summed E-state index contributed by atoms with van der Waals surface area (Å²) in [4.78, 5) is 43.5. The van der Waals surface area contributed by atoms with Gasteiger partial charge in [0.05, 0.1) is 45.4 Å². The minimum atomic E-state index is -0.810. The number of pyridine rings is 1. The van der Waals surface area contributed by atoms with E-state index in [1.54, 1.807) is 11.6 Å². The van der Waals surface area contributed by atoms with Crippen LogP contribution in [0, 0.1) is 10.8 Å². The Bertz CT molecular complexity index is 1110. The molecule has 35 heavy (non-hydrogen) atoms. The van der Waals surface area contributed by atoms with Crippen molar-refractivity contribution in [2.75, 3.05) is 13.1 Å². The quantitative estimate of drug-likeness (QED) is 0.441. The van der Waals surface area contributed by atoms with Crippen LogP contribution in [0.1, 0.15) is 80.1 Å². The van der Waals surface area contributed by atoms with Gasteiger partial charge >= 0.3 is 5.97 Å². The molecule has 1 saturated carbocycles. The highest BCUT2D eigenvalue weighted by Crippen LogP contribution is 2.42. The van der Waals surface area contributed by atoms with Gasteiger partial charge in [-0.25, -0.2) is 0 Å². The largest absolute Gasteiger partial charge is 0.481 e. The van der Waals surface area contributed by atoms with E-state index in [1.807, 2.05) is 20.8 Å². The van der Waals surface area contributed by atoms with E-state index in [2.05, 4.69) is 10.1 Å². The molecule has 3 rings (SSSR count). The monoisotopic (exact) mass is 542 g/mol. The van der Waals surface area contributed by atoms with Crippen molar-refractivity contribution in [3.8, 4) is 0 Å². The summed E-state index contributed by atoms with van der Waals surface area (Å²) in [6, 6.07) is -0.108. The number of Topliss-reactive ketones (excluding diaryl/α,β-unsaturated/α-hetero) is 1. The molecule has 0 aromatic carbocycles. The van der Waals surface area contributed by atoms with Crippen molar-refractivity contribution in [3.63, 3.8) is 0 Å². The molecule has 0 aliphatic heterocycles. The number of hydrogen-bond donors (Lipinski definition) is 1. The topological polar surface area (TPSA) is 105 Å². The second-order valence-corrected chi connectivity index (χ2v) is 11.7. The predicted octanol–water partition coefficient (Wildman–Crippen LogP) is 5.82. The summed E-state index contributed by atoms with van der Waals surface area (Å²) < 4.78 is 1.59. The van der Waals surface area contributed by atoms with Crippen molar-refractivity contribution in [2.24, 2.45) is 10.8 Å². The minimum absolute atomic E-state index is 0.108. The second-order valence-electron chi connectivity index (χ2n) is 10.5. The zero-order valence-corrected chi connectivity index (χ0v) is 22.4. The van der Waals surface area contributed by atoms with Crippen molar-refractivity contribution < 1.29 is 19.5 Å². The molecule has 1 fully saturated rings. The van der Waals surface area contributed by atoms with Gasteiger partial charge in [-0.1, -0.05) is 55.6 Å². The number of carbonyl (C=O) groups is 3. The lowest BCUT2D eigenvalue weighted by Gasteiger charge is -2.34. The van der Waals surface area contributed by atoms with Gasteiger partial charge in [-0.05, 0) is 38.0 Å². The summed E-state index contributed by atoms with van der Waals surface area (Å²) in [7, 11) is 0. The van der Waals surface area contributed by atoms with Crippen LogP contribution in [0.5, 0.6) is 0 Å². The molecule has 0 saturated heterocycles. The van der Waals surface area contributed by atoms with Crippen LogP contribution in [0.4, 0.5) is 0 Å². The Morgan fingerprint density at radius 2 is 1.69 bits per heavy atom. The van der Waals surface area contributed by atoms with E-state index in [0.29, 0.717) is 25.7 Å². The number of carbonyl (C=O) groups excluding carboxylic acids is 2. The predicted molar refractivity (Wildman–Crippen MR) is 134 cm³/mol. The molecular formula is C24H29Cl3N4O4. The number of nitrogens with zero attached hydrogens (tertiary/aromatic N) is 4. The number of carboxylic acid groups (broad SMARTS) is 1. The average molecular weight is 544 g/mol. The first-order valence-corrected chi connectivity index (χ1v) is 12.4. The van der Waals surface area contributed by atoms with Crippen LogP contribution >= 0.6 is 34.8 Å². The van der Waals surface area contributed by atoms with Crippen molar-refractivity contribution in [2.45, 2.75) is 59.4 Å². The Kier molecular flexibility index (Phi) is 8.19. The molecule has 2 heterocycles. The third-order valence-corrected chi connectivity index (χ3v) is 7.25. The second kappa shape index (κ2) is 10.4. The molecule has 2 aromatic rings. The van der Waals surface area contributed by atoms with E-state index in [1.165, 1.54) is 23.5 Å². The summed E-state index contributed by atoms with van der Waals surface area (Å²) >= 11 is 18.9. The van der Waals surface area contributed by atoms with Gasteiger partial charge in [0.15, 0.2) is 5.78 Å². The van der Waals surface area contributed by atoms with Gasteiger partial charge in [0.1, 0.15) is 5.15 Å². The van der Waals surface area contributed by atoms with E-state index < -0.39 is 23.1 Å². The summed E-state index contributed by atoms with van der Waals surface area (Å²) in [6.45, 7) is 7.64. The average Bonchev–Trinajstić information content (AvgIpc) is 3.13. The first-order chi connectivity index (χ1) is 16.2. The van der Waals surface area contributed by atoms with Gasteiger partial charge in [0.25, 0.3) is 5.91 Å². The maximum absolute atomic E-state index is 13.5. The Morgan fingerprint density at radius 3 is 2.20 bits per heavy atom. The SMILES string of the molecule is CC(C)(C)CN(CC(=O)c1c(Cl)cncc1Cl)C(=O)c1cnn([C@H]2CC[C@](C)(C(=O)O)CC2)c1Cl. The Labute approximate surface area is 219 Å². The van der Waals surface area contributed by atoms with Crippen LogP contribution in [0.3, 0.4) is 0 Å². The highest BCUT2D eigenvalue weighted by molar-refractivity contribution is 6.39. The zero-order valence-electron chi connectivity index (χ0n) is 20.1. The first-order valence-electron chi connectivity index (χ1n) is 11.3. The van der Waals surface area contributed by atoms with Crippen LogP contribution in [0.25, 0.3) is 0 Å². The fraction of sp³-hybridized carbons (Fsp3) is 0.542. The Morgan fingerprint density at radius 1 is 1.11 bits per heavy atom. The number of halogens is 3. The van der Waals surface area contributed by atoms with Gasteiger partial charge in [-0.15, -0.1) is 0 Å². The maximum atomic E-state index is 13.5. The summed E-state index contributed by atoms with van der Waals surface area (Å²) in [5, 5.41) is 14.2. The van der Waals surface area contributed by atoms with E-state index in [0.717, 1.165) is 0 Å². The highest BCUT2D eigenvalue weighted by atomic mass is 35.5. The maximum Gasteiger partial charge on any atom is 0.309 e. The van der Waals surface area contributed by atoms with Crippen LogP contribution in [-0.4, -0.2) is 55.5 Å². The van der Waals surface area contributed by atoms with Gasteiger partial charge < -0.3 is 10.0 Å². The molecule has 1 aliphatic carbocycles. The molecule has 8 nitrogen and oxygen atoms in total. The van der Waals surface area contributed by atoms with Gasteiger partial charge in [-0.3, -0.25) is 24.0 Å². The van der Waals surface area contributed by atoms with Crippen molar-refractivity contribution in [1.82, 2.24) is 19.7 Å². The minimum Gasteiger partial charge on any atom is -0.481 e. The molecule has 1 N–H and O–H groups in total. The molecule has 1 aliphatic rings. The molecule has 0 unspecified atom stereocenters. The first kappa shape index (κ1) is 27.4. The normalized spacial score (nSPS) is 20.5. The Hall–Kier alpha value is -2.16.